The first kappa shape index (κ1) is 31.3. The highest BCUT2D eigenvalue weighted by molar-refractivity contribution is 7.86. The number of hydrogen-bond acceptors (Lipinski definition) is 7. The molecule has 11 heteroatoms. The summed E-state index contributed by atoms with van der Waals surface area (Å²) in [6.07, 6.45) is 1.35. The minimum Gasteiger partial charge on any atom is -0.488 e. The fourth-order valence-electron chi connectivity index (χ4n) is 3.82. The van der Waals surface area contributed by atoms with E-state index in [2.05, 4.69) is 0 Å². The predicted octanol–water partition coefficient (Wildman–Crippen LogP) is 6.46. The number of ketones is 1. The van der Waals surface area contributed by atoms with E-state index in [-0.39, 0.29) is 28.2 Å². The smallest absolute Gasteiger partial charge is 0.298 e. The molecule has 3 aromatic rings. The molecule has 0 radical (unpaired) electrons. The summed E-state index contributed by atoms with van der Waals surface area (Å²) in [6, 6.07) is 13.9. The second-order valence-corrected chi connectivity index (χ2v) is 13.5. The van der Waals surface area contributed by atoms with Crippen LogP contribution in [-0.4, -0.2) is 37.3 Å². The third kappa shape index (κ3) is 7.28. The molecule has 0 saturated carbocycles. The van der Waals surface area contributed by atoms with Gasteiger partial charge in [-0.1, -0.05) is 39.8 Å². The van der Waals surface area contributed by atoms with Gasteiger partial charge in [0.15, 0.2) is 5.78 Å². The Morgan fingerprint density at radius 1 is 0.725 bits per heavy atom. The van der Waals surface area contributed by atoms with Gasteiger partial charge in [0.2, 0.25) is 0 Å². The van der Waals surface area contributed by atoms with Gasteiger partial charge in [0, 0.05) is 11.1 Å². The van der Waals surface area contributed by atoms with Crippen LogP contribution in [-0.2, 0) is 25.7 Å². The third-order valence-electron chi connectivity index (χ3n) is 6.92. The van der Waals surface area contributed by atoms with Crippen molar-refractivity contribution in [2.24, 2.45) is 0 Å². The summed E-state index contributed by atoms with van der Waals surface area (Å²) in [5.41, 5.74) is -0.887. The average molecular weight is 591 g/mol. The molecule has 3 aromatic carbocycles. The zero-order valence-corrected chi connectivity index (χ0v) is 24.9. The van der Waals surface area contributed by atoms with E-state index in [9.17, 15) is 30.7 Å². The van der Waals surface area contributed by atoms with Crippen LogP contribution in [0.4, 0.5) is 0 Å². The lowest BCUT2D eigenvalue weighted by atomic mass is 9.81. The maximum Gasteiger partial charge on any atom is 0.298 e. The van der Waals surface area contributed by atoms with Crippen LogP contribution in [0.2, 0.25) is 0 Å². The number of hydrogen-bond donors (Lipinski definition) is 2. The fraction of sp³-hybridized carbons (Fsp3) is 0.345. The Morgan fingerprint density at radius 2 is 1.23 bits per heavy atom. The Kier molecular flexibility index (Phi) is 8.85. The first-order valence-corrected chi connectivity index (χ1v) is 15.5. The highest BCUT2D eigenvalue weighted by Gasteiger charge is 2.29. The van der Waals surface area contributed by atoms with Gasteiger partial charge in [-0.15, -0.1) is 0 Å². The Hall–Kier alpha value is -3.25. The topological polar surface area (TPSA) is 144 Å². The van der Waals surface area contributed by atoms with Gasteiger partial charge >= 0.3 is 0 Å². The first-order valence-electron chi connectivity index (χ1n) is 12.6. The zero-order valence-electron chi connectivity index (χ0n) is 23.3. The second kappa shape index (κ2) is 11.3. The second-order valence-electron chi connectivity index (χ2n) is 10.7. The molecule has 0 saturated heterocycles. The molecule has 0 atom stereocenters. The van der Waals surface area contributed by atoms with Crippen molar-refractivity contribution >= 4 is 26.0 Å². The predicted molar refractivity (Wildman–Crippen MR) is 151 cm³/mol. The number of rotatable bonds is 11. The molecule has 0 unspecified atom stereocenters. The van der Waals surface area contributed by atoms with Gasteiger partial charge in [-0.2, -0.15) is 16.8 Å². The van der Waals surface area contributed by atoms with Gasteiger partial charge in [-0.05, 0) is 86.2 Å². The van der Waals surface area contributed by atoms with Gasteiger partial charge in [0.05, 0.1) is 4.90 Å². The highest BCUT2D eigenvalue weighted by Crippen LogP contribution is 2.35. The van der Waals surface area contributed by atoms with E-state index in [0.29, 0.717) is 17.7 Å². The molecule has 9 nitrogen and oxygen atoms in total. The van der Waals surface area contributed by atoms with E-state index in [1.165, 1.54) is 24.3 Å². The fourth-order valence-corrected chi connectivity index (χ4v) is 5.36. The molecule has 3 rings (SSSR count). The normalized spacial score (nSPS) is 12.7. The number of carbonyl (C=O) groups is 1. The summed E-state index contributed by atoms with van der Waals surface area (Å²) in [4.78, 5) is 12.2. The monoisotopic (exact) mass is 590 g/mol. The Bertz CT molecular complexity index is 1620. The van der Waals surface area contributed by atoms with Gasteiger partial charge in [-0.3, -0.25) is 13.9 Å². The standard InChI is InChI=1S/C29H34O9S2/c1-7-28(3,4)23-15-9-19(17-25(23)39(31,32)33)27(30)20-10-16-24(26(18-20)40(34,35)36)37-21-11-13-22(14-12-21)38-29(5,6)8-2/h9-18H,7-8H2,1-6H3,(H,31,32,33)(H,34,35,36). The highest BCUT2D eigenvalue weighted by atomic mass is 32.2. The van der Waals surface area contributed by atoms with Crippen LogP contribution in [0.1, 0.15) is 75.9 Å². The van der Waals surface area contributed by atoms with Crippen LogP contribution < -0.4 is 9.47 Å². The molecule has 0 aliphatic rings. The molecular weight excluding hydrogens is 556 g/mol. The molecular formula is C29H34O9S2. The maximum absolute atomic E-state index is 13.3. The Balaban J connectivity index is 1.99. The van der Waals surface area contributed by atoms with Gasteiger partial charge in [0.25, 0.3) is 20.2 Å². The van der Waals surface area contributed by atoms with Crippen molar-refractivity contribution in [3.8, 4) is 17.2 Å². The molecule has 0 bridgehead atoms. The summed E-state index contributed by atoms with van der Waals surface area (Å²) in [7, 11) is -9.50. The summed E-state index contributed by atoms with van der Waals surface area (Å²) in [6.45, 7) is 11.4. The SMILES string of the molecule is CCC(C)(C)Oc1ccc(Oc2ccc(C(=O)c3ccc(C(C)(C)CC)c(S(=O)(=O)O)c3)cc2S(=O)(=O)O)cc1. The van der Waals surface area contributed by atoms with Crippen LogP contribution in [0, 0.1) is 0 Å². The lowest BCUT2D eigenvalue weighted by Crippen LogP contribution is -2.26. The lowest BCUT2D eigenvalue weighted by molar-refractivity contribution is 0.103. The van der Waals surface area contributed by atoms with E-state index < -0.39 is 41.2 Å². The van der Waals surface area contributed by atoms with Crippen LogP contribution in [0.5, 0.6) is 17.2 Å². The summed E-state index contributed by atoms with van der Waals surface area (Å²) in [5, 5.41) is 0. The Morgan fingerprint density at radius 3 is 1.73 bits per heavy atom. The quantitative estimate of drug-likeness (QED) is 0.190. The number of carbonyl (C=O) groups excluding carboxylic acids is 1. The van der Waals surface area contributed by atoms with Crippen molar-refractivity contribution < 1.29 is 40.2 Å². The van der Waals surface area contributed by atoms with Gasteiger partial charge < -0.3 is 9.47 Å². The summed E-state index contributed by atoms with van der Waals surface area (Å²) < 4.78 is 80.0. The first-order chi connectivity index (χ1) is 18.4. The van der Waals surface area contributed by atoms with Crippen molar-refractivity contribution in [2.75, 3.05) is 0 Å². The van der Waals surface area contributed by atoms with E-state index in [1.807, 2.05) is 41.5 Å². The summed E-state index contributed by atoms with van der Waals surface area (Å²) >= 11 is 0. The van der Waals surface area contributed by atoms with E-state index in [4.69, 9.17) is 9.47 Å². The zero-order chi connectivity index (χ0) is 30.1. The molecule has 0 spiro atoms. The molecule has 0 aliphatic heterocycles. The number of benzene rings is 3. The van der Waals surface area contributed by atoms with Crippen molar-refractivity contribution in [1.29, 1.82) is 0 Å². The van der Waals surface area contributed by atoms with Crippen molar-refractivity contribution in [3.63, 3.8) is 0 Å². The third-order valence-corrected chi connectivity index (χ3v) is 8.68. The van der Waals surface area contributed by atoms with E-state index in [1.54, 1.807) is 24.3 Å². The van der Waals surface area contributed by atoms with Gasteiger partial charge in [0.1, 0.15) is 27.7 Å². The maximum atomic E-state index is 13.3. The summed E-state index contributed by atoms with van der Waals surface area (Å²) in [5.74, 6) is -0.0900. The molecule has 40 heavy (non-hydrogen) atoms. The Labute approximate surface area is 235 Å². The molecule has 0 fully saturated rings. The minimum absolute atomic E-state index is 0.0937. The van der Waals surface area contributed by atoms with Crippen molar-refractivity contribution in [2.45, 2.75) is 75.2 Å². The van der Waals surface area contributed by atoms with Crippen molar-refractivity contribution in [3.05, 3.63) is 77.4 Å². The van der Waals surface area contributed by atoms with Crippen LogP contribution in [0.15, 0.2) is 70.5 Å². The average Bonchev–Trinajstić information content (AvgIpc) is 2.88. The van der Waals surface area contributed by atoms with Crippen molar-refractivity contribution in [1.82, 2.24) is 0 Å². The largest absolute Gasteiger partial charge is 0.488 e. The van der Waals surface area contributed by atoms with E-state index >= 15 is 0 Å². The number of ether oxygens (including phenoxy) is 2. The molecule has 216 valence electrons. The molecule has 0 aromatic heterocycles. The molecule has 0 amide bonds. The lowest BCUT2D eigenvalue weighted by Gasteiger charge is -2.25. The van der Waals surface area contributed by atoms with E-state index in [0.717, 1.165) is 18.6 Å². The molecule has 0 heterocycles. The van der Waals surface area contributed by atoms with Crippen LogP contribution >= 0.6 is 0 Å². The van der Waals surface area contributed by atoms with Crippen LogP contribution in [0.3, 0.4) is 0 Å². The molecule has 0 aliphatic carbocycles. The molecule has 2 N–H and O–H groups in total. The minimum atomic E-state index is -4.83. The van der Waals surface area contributed by atoms with Gasteiger partial charge in [-0.25, -0.2) is 0 Å². The van der Waals surface area contributed by atoms with Crippen LogP contribution in [0.25, 0.3) is 0 Å².